The molecule has 0 aliphatic rings. The van der Waals surface area contributed by atoms with Crippen LogP contribution in [0.5, 0.6) is 5.75 Å². The molecule has 1 heterocycles. The molecule has 0 bridgehead atoms. The Kier molecular flexibility index (Phi) is 1.68. The minimum atomic E-state index is -0.592. The van der Waals surface area contributed by atoms with Crippen LogP contribution in [0, 0.1) is 6.92 Å². The summed E-state index contributed by atoms with van der Waals surface area (Å²) in [6.45, 7) is 1.54. The number of aromatic hydroxyl groups is 1. The summed E-state index contributed by atoms with van der Waals surface area (Å²) in [4.78, 5) is 10.7. The SMILES string of the molecule is Cc1occ(O)c(=O)c1Cl. The van der Waals surface area contributed by atoms with Crippen molar-refractivity contribution < 1.29 is 9.52 Å². The molecule has 1 aromatic rings. The van der Waals surface area contributed by atoms with E-state index in [0.717, 1.165) is 6.26 Å². The van der Waals surface area contributed by atoms with Crippen molar-refractivity contribution in [1.82, 2.24) is 0 Å². The average molecular weight is 161 g/mol. The van der Waals surface area contributed by atoms with Crippen LogP contribution >= 0.6 is 11.6 Å². The van der Waals surface area contributed by atoms with Crippen molar-refractivity contribution in [1.29, 1.82) is 0 Å². The Balaban J connectivity index is 3.50. The van der Waals surface area contributed by atoms with Gasteiger partial charge in [0.05, 0.1) is 0 Å². The first-order chi connectivity index (χ1) is 4.63. The molecular weight excluding hydrogens is 156 g/mol. The van der Waals surface area contributed by atoms with Gasteiger partial charge >= 0.3 is 0 Å². The third-order valence-corrected chi connectivity index (χ3v) is 1.53. The summed E-state index contributed by atoms with van der Waals surface area (Å²) in [7, 11) is 0. The predicted octanol–water partition coefficient (Wildman–Crippen LogP) is 1.31. The lowest BCUT2D eigenvalue weighted by molar-refractivity contribution is 0.420. The standard InChI is InChI=1S/C6H5ClO3/c1-3-5(7)6(9)4(8)2-10-3/h2,8H,1H3. The molecule has 4 heteroatoms. The number of rotatable bonds is 0. The van der Waals surface area contributed by atoms with Crippen molar-refractivity contribution in [3.05, 3.63) is 27.3 Å². The summed E-state index contributed by atoms with van der Waals surface area (Å²) in [5.74, 6) is -0.153. The molecule has 1 rings (SSSR count). The maximum Gasteiger partial charge on any atom is 0.245 e. The zero-order valence-electron chi connectivity index (χ0n) is 5.22. The minimum absolute atomic E-state index is 0.0694. The molecule has 3 nitrogen and oxygen atoms in total. The van der Waals surface area contributed by atoms with Crippen molar-refractivity contribution in [3.63, 3.8) is 0 Å². The van der Waals surface area contributed by atoms with E-state index in [0.29, 0.717) is 5.76 Å². The van der Waals surface area contributed by atoms with Crippen molar-refractivity contribution in [2.75, 3.05) is 0 Å². The van der Waals surface area contributed by atoms with E-state index in [1.807, 2.05) is 0 Å². The Morgan fingerprint density at radius 3 is 2.80 bits per heavy atom. The third-order valence-electron chi connectivity index (χ3n) is 1.09. The maximum absolute atomic E-state index is 10.7. The quantitative estimate of drug-likeness (QED) is 0.623. The smallest absolute Gasteiger partial charge is 0.245 e. The lowest BCUT2D eigenvalue weighted by atomic mass is 10.4. The fourth-order valence-corrected chi connectivity index (χ4v) is 0.663. The van der Waals surface area contributed by atoms with E-state index < -0.39 is 11.2 Å². The van der Waals surface area contributed by atoms with Crippen LogP contribution in [0.4, 0.5) is 0 Å². The van der Waals surface area contributed by atoms with Crippen LogP contribution in [0.3, 0.4) is 0 Å². The van der Waals surface area contributed by atoms with Gasteiger partial charge in [-0.15, -0.1) is 0 Å². The van der Waals surface area contributed by atoms with Crippen LogP contribution in [-0.4, -0.2) is 5.11 Å². The molecular formula is C6H5ClO3. The largest absolute Gasteiger partial charge is 0.502 e. The maximum atomic E-state index is 10.7. The molecule has 0 atom stereocenters. The number of hydrogen-bond acceptors (Lipinski definition) is 3. The molecule has 0 saturated carbocycles. The number of aryl methyl sites for hydroxylation is 1. The van der Waals surface area contributed by atoms with E-state index in [2.05, 4.69) is 4.42 Å². The number of hydrogen-bond donors (Lipinski definition) is 1. The summed E-state index contributed by atoms with van der Waals surface area (Å²) < 4.78 is 4.69. The normalized spacial score (nSPS) is 9.80. The van der Waals surface area contributed by atoms with E-state index >= 15 is 0 Å². The number of halogens is 1. The summed E-state index contributed by atoms with van der Waals surface area (Å²) in [6.07, 6.45) is 0.962. The molecule has 10 heavy (non-hydrogen) atoms. The van der Waals surface area contributed by atoms with Crippen LogP contribution < -0.4 is 5.43 Å². The van der Waals surface area contributed by atoms with Gasteiger partial charge in [0, 0.05) is 0 Å². The third kappa shape index (κ3) is 0.998. The van der Waals surface area contributed by atoms with Crippen molar-refractivity contribution in [2.24, 2.45) is 0 Å². The lowest BCUT2D eigenvalue weighted by Crippen LogP contribution is -2.01. The first-order valence-corrected chi connectivity index (χ1v) is 2.97. The van der Waals surface area contributed by atoms with Crippen LogP contribution in [0.2, 0.25) is 5.02 Å². The fraction of sp³-hybridized carbons (Fsp3) is 0.167. The molecule has 1 N–H and O–H groups in total. The summed E-state index contributed by atoms with van der Waals surface area (Å²) in [6, 6.07) is 0. The molecule has 0 spiro atoms. The highest BCUT2D eigenvalue weighted by atomic mass is 35.5. The zero-order chi connectivity index (χ0) is 7.72. The van der Waals surface area contributed by atoms with Gasteiger partial charge in [0.1, 0.15) is 17.0 Å². The van der Waals surface area contributed by atoms with Gasteiger partial charge < -0.3 is 9.52 Å². The van der Waals surface area contributed by atoms with Gasteiger partial charge in [-0.2, -0.15) is 0 Å². The lowest BCUT2D eigenvalue weighted by Gasteiger charge is -1.94. The van der Waals surface area contributed by atoms with Gasteiger partial charge in [-0.1, -0.05) is 11.6 Å². The Labute approximate surface area is 61.9 Å². The van der Waals surface area contributed by atoms with Crippen molar-refractivity contribution in [3.8, 4) is 5.75 Å². The summed E-state index contributed by atoms with van der Waals surface area (Å²) in [5, 5.41) is 8.66. The van der Waals surface area contributed by atoms with Gasteiger partial charge in [0.15, 0.2) is 0 Å². The summed E-state index contributed by atoms with van der Waals surface area (Å²) in [5.41, 5.74) is -0.592. The van der Waals surface area contributed by atoms with E-state index in [4.69, 9.17) is 16.7 Å². The molecule has 0 aromatic carbocycles. The summed E-state index contributed by atoms with van der Waals surface area (Å²) >= 11 is 5.42. The molecule has 0 unspecified atom stereocenters. The first-order valence-electron chi connectivity index (χ1n) is 2.60. The van der Waals surface area contributed by atoms with Crippen LogP contribution in [0.1, 0.15) is 5.76 Å². The van der Waals surface area contributed by atoms with Crippen LogP contribution in [0.15, 0.2) is 15.5 Å². The molecule has 1 aromatic heterocycles. The molecule has 0 radical (unpaired) electrons. The minimum Gasteiger partial charge on any atom is -0.502 e. The van der Waals surface area contributed by atoms with Crippen LogP contribution in [-0.2, 0) is 0 Å². The second kappa shape index (κ2) is 2.34. The fourth-order valence-electron chi connectivity index (χ4n) is 0.522. The van der Waals surface area contributed by atoms with Gasteiger partial charge in [-0.25, -0.2) is 0 Å². The van der Waals surface area contributed by atoms with Gasteiger partial charge in [0.25, 0.3) is 0 Å². The van der Waals surface area contributed by atoms with Gasteiger partial charge in [-0.3, -0.25) is 4.79 Å². The zero-order valence-corrected chi connectivity index (χ0v) is 5.97. The molecule has 0 fully saturated rings. The van der Waals surface area contributed by atoms with E-state index in [-0.39, 0.29) is 5.02 Å². The van der Waals surface area contributed by atoms with E-state index in [9.17, 15) is 4.79 Å². The van der Waals surface area contributed by atoms with Crippen LogP contribution in [0.25, 0.3) is 0 Å². The second-order valence-electron chi connectivity index (χ2n) is 1.82. The van der Waals surface area contributed by atoms with Crippen molar-refractivity contribution in [2.45, 2.75) is 6.92 Å². The van der Waals surface area contributed by atoms with Crippen molar-refractivity contribution >= 4 is 11.6 Å². The highest BCUT2D eigenvalue weighted by molar-refractivity contribution is 6.31. The molecule has 0 amide bonds. The van der Waals surface area contributed by atoms with E-state index in [1.54, 1.807) is 6.92 Å². The molecule has 0 aliphatic heterocycles. The predicted molar refractivity (Wildman–Crippen MR) is 36.4 cm³/mol. The Bertz CT molecular complexity index is 302. The Morgan fingerprint density at radius 1 is 1.70 bits per heavy atom. The molecule has 54 valence electrons. The highest BCUT2D eigenvalue weighted by Gasteiger charge is 2.05. The topological polar surface area (TPSA) is 50.4 Å². The molecule has 0 aliphatic carbocycles. The average Bonchev–Trinajstić information content (AvgIpc) is 1.93. The highest BCUT2D eigenvalue weighted by Crippen LogP contribution is 2.12. The van der Waals surface area contributed by atoms with Gasteiger partial charge in [-0.05, 0) is 6.92 Å². The second-order valence-corrected chi connectivity index (χ2v) is 2.20. The van der Waals surface area contributed by atoms with Gasteiger partial charge in [0.2, 0.25) is 11.2 Å². The Hall–Kier alpha value is -0.960. The monoisotopic (exact) mass is 160 g/mol. The first kappa shape index (κ1) is 7.15. The molecule has 0 saturated heterocycles. The Morgan fingerprint density at radius 2 is 2.30 bits per heavy atom. The van der Waals surface area contributed by atoms with E-state index in [1.165, 1.54) is 0 Å².